The number of thiophene rings is 1. The predicted octanol–water partition coefficient (Wildman–Crippen LogP) is 1.40. The fourth-order valence-corrected chi connectivity index (χ4v) is 3.62. The first kappa shape index (κ1) is 18.9. The summed E-state index contributed by atoms with van der Waals surface area (Å²) in [7, 11) is 1.64. The van der Waals surface area contributed by atoms with Crippen molar-refractivity contribution < 1.29 is 19.1 Å². The SMILES string of the molecule is COc1ccccc1N1CCN(C(=O)CNC(=O)C(=O)c2cccs2)CC1. The molecule has 1 saturated heterocycles. The highest BCUT2D eigenvalue weighted by molar-refractivity contribution is 7.13. The Balaban J connectivity index is 1.48. The molecule has 2 amide bonds. The van der Waals surface area contributed by atoms with Crippen LogP contribution in [0.2, 0.25) is 0 Å². The molecule has 0 saturated carbocycles. The third kappa shape index (κ3) is 4.46. The van der Waals surface area contributed by atoms with Crippen molar-refractivity contribution in [2.24, 2.45) is 0 Å². The molecule has 1 N–H and O–H groups in total. The van der Waals surface area contributed by atoms with Crippen molar-refractivity contribution in [3.8, 4) is 5.75 Å². The zero-order chi connectivity index (χ0) is 19.2. The number of nitrogens with zero attached hydrogens (tertiary/aromatic N) is 2. The topological polar surface area (TPSA) is 79.0 Å². The lowest BCUT2D eigenvalue weighted by Crippen LogP contribution is -2.51. The monoisotopic (exact) mass is 387 g/mol. The minimum absolute atomic E-state index is 0.176. The van der Waals surface area contributed by atoms with Crippen molar-refractivity contribution in [2.45, 2.75) is 0 Å². The number of benzene rings is 1. The summed E-state index contributed by atoms with van der Waals surface area (Å²) in [6.07, 6.45) is 0. The van der Waals surface area contributed by atoms with Crippen LogP contribution in [0.5, 0.6) is 5.75 Å². The van der Waals surface area contributed by atoms with Crippen LogP contribution in [0.3, 0.4) is 0 Å². The van der Waals surface area contributed by atoms with Gasteiger partial charge in [0.1, 0.15) is 5.75 Å². The zero-order valence-corrected chi connectivity index (χ0v) is 15.8. The van der Waals surface area contributed by atoms with E-state index in [9.17, 15) is 14.4 Å². The second-order valence-corrected chi connectivity index (χ2v) is 6.98. The van der Waals surface area contributed by atoms with Gasteiger partial charge in [0.25, 0.3) is 11.7 Å². The van der Waals surface area contributed by atoms with Gasteiger partial charge in [0.2, 0.25) is 5.91 Å². The van der Waals surface area contributed by atoms with Crippen LogP contribution in [0, 0.1) is 0 Å². The first-order chi connectivity index (χ1) is 13.1. The van der Waals surface area contributed by atoms with Crippen molar-refractivity contribution in [1.29, 1.82) is 0 Å². The smallest absolute Gasteiger partial charge is 0.293 e. The number of para-hydroxylation sites is 2. The van der Waals surface area contributed by atoms with Gasteiger partial charge in [-0.2, -0.15) is 0 Å². The molecule has 0 radical (unpaired) electrons. The van der Waals surface area contributed by atoms with E-state index in [-0.39, 0.29) is 12.5 Å². The molecule has 2 aromatic rings. The summed E-state index contributed by atoms with van der Waals surface area (Å²) < 4.78 is 5.39. The maximum atomic E-state index is 12.3. The number of hydrogen-bond donors (Lipinski definition) is 1. The average molecular weight is 387 g/mol. The number of anilines is 1. The highest BCUT2D eigenvalue weighted by Gasteiger charge is 2.24. The molecule has 1 aromatic carbocycles. The zero-order valence-electron chi connectivity index (χ0n) is 15.0. The summed E-state index contributed by atoms with van der Waals surface area (Å²) in [6, 6.07) is 11.1. The van der Waals surface area contributed by atoms with Gasteiger partial charge in [0, 0.05) is 26.2 Å². The fourth-order valence-electron chi connectivity index (χ4n) is 2.96. The maximum Gasteiger partial charge on any atom is 0.293 e. The lowest BCUT2D eigenvalue weighted by atomic mass is 10.2. The number of ketones is 1. The third-order valence-electron chi connectivity index (χ3n) is 4.41. The fraction of sp³-hybridized carbons (Fsp3) is 0.316. The summed E-state index contributed by atoms with van der Waals surface area (Å²) in [5.74, 6) is -0.754. The molecule has 7 nitrogen and oxygen atoms in total. The van der Waals surface area contributed by atoms with Crippen LogP contribution in [0.25, 0.3) is 0 Å². The molecule has 0 spiro atoms. The van der Waals surface area contributed by atoms with E-state index in [2.05, 4.69) is 10.2 Å². The van der Waals surface area contributed by atoms with Gasteiger partial charge < -0.3 is 19.9 Å². The summed E-state index contributed by atoms with van der Waals surface area (Å²) >= 11 is 1.20. The average Bonchev–Trinajstić information content (AvgIpc) is 3.26. The van der Waals surface area contributed by atoms with E-state index in [4.69, 9.17) is 4.74 Å². The molecule has 0 aliphatic carbocycles. The van der Waals surface area contributed by atoms with Crippen LogP contribution < -0.4 is 15.0 Å². The molecule has 27 heavy (non-hydrogen) atoms. The standard InChI is InChI=1S/C19H21N3O4S/c1-26-15-6-3-2-5-14(15)21-8-10-22(11-9-21)17(23)13-20-19(25)18(24)16-7-4-12-27-16/h2-7,12H,8-11,13H2,1H3,(H,20,25). The van der Waals surface area contributed by atoms with Gasteiger partial charge in [-0.1, -0.05) is 18.2 Å². The molecule has 1 fully saturated rings. The maximum absolute atomic E-state index is 12.3. The third-order valence-corrected chi connectivity index (χ3v) is 5.28. The van der Waals surface area contributed by atoms with Crippen molar-refractivity contribution in [2.75, 3.05) is 44.7 Å². The Morgan fingerprint density at radius 1 is 1.07 bits per heavy atom. The molecular formula is C19H21N3O4S. The van der Waals surface area contributed by atoms with Crippen molar-refractivity contribution in [3.63, 3.8) is 0 Å². The Kier molecular flexibility index (Phi) is 6.08. The minimum atomic E-state index is -0.751. The first-order valence-corrected chi connectivity index (χ1v) is 9.50. The number of carbonyl (C=O) groups excluding carboxylic acids is 3. The molecule has 0 unspecified atom stereocenters. The predicted molar refractivity (Wildman–Crippen MR) is 103 cm³/mol. The molecule has 3 rings (SSSR count). The van der Waals surface area contributed by atoms with Gasteiger partial charge in [0.15, 0.2) is 0 Å². The Morgan fingerprint density at radius 2 is 1.81 bits per heavy atom. The van der Waals surface area contributed by atoms with Crippen LogP contribution in [0.4, 0.5) is 5.69 Å². The molecule has 1 aliphatic heterocycles. The van der Waals surface area contributed by atoms with Crippen LogP contribution in [-0.4, -0.2) is 62.3 Å². The molecule has 2 heterocycles. The van der Waals surface area contributed by atoms with Crippen LogP contribution >= 0.6 is 11.3 Å². The number of rotatable bonds is 6. The van der Waals surface area contributed by atoms with Crippen LogP contribution in [0.1, 0.15) is 9.67 Å². The van der Waals surface area contributed by atoms with Crippen molar-refractivity contribution in [1.82, 2.24) is 10.2 Å². The number of amides is 2. The van der Waals surface area contributed by atoms with E-state index in [1.807, 2.05) is 24.3 Å². The largest absolute Gasteiger partial charge is 0.495 e. The molecule has 0 bridgehead atoms. The molecule has 142 valence electrons. The molecule has 8 heteroatoms. The van der Waals surface area contributed by atoms with Crippen LogP contribution in [0.15, 0.2) is 41.8 Å². The van der Waals surface area contributed by atoms with Gasteiger partial charge in [0.05, 0.1) is 24.2 Å². The number of methoxy groups -OCH3 is 1. The van der Waals surface area contributed by atoms with E-state index >= 15 is 0 Å². The summed E-state index contributed by atoms with van der Waals surface area (Å²) in [5.41, 5.74) is 1.00. The minimum Gasteiger partial charge on any atom is -0.495 e. The normalized spacial score (nSPS) is 14.0. The number of nitrogens with one attached hydrogen (secondary N) is 1. The van der Waals surface area contributed by atoms with E-state index < -0.39 is 11.7 Å². The van der Waals surface area contributed by atoms with E-state index in [1.165, 1.54) is 11.3 Å². The summed E-state index contributed by atoms with van der Waals surface area (Å²) in [4.78, 5) is 40.4. The number of carbonyl (C=O) groups is 3. The van der Waals surface area contributed by atoms with Gasteiger partial charge in [-0.25, -0.2) is 0 Å². The Hall–Kier alpha value is -2.87. The quantitative estimate of drug-likeness (QED) is 0.599. The summed E-state index contributed by atoms with van der Waals surface area (Å²) in [5, 5.41) is 4.15. The lowest BCUT2D eigenvalue weighted by Gasteiger charge is -2.36. The van der Waals surface area contributed by atoms with Gasteiger partial charge in [-0.05, 0) is 23.6 Å². The Morgan fingerprint density at radius 3 is 2.48 bits per heavy atom. The summed E-state index contributed by atoms with van der Waals surface area (Å²) in [6.45, 7) is 2.27. The van der Waals surface area contributed by atoms with E-state index in [0.29, 0.717) is 31.1 Å². The van der Waals surface area contributed by atoms with E-state index in [0.717, 1.165) is 11.4 Å². The second-order valence-electron chi connectivity index (χ2n) is 6.03. The Labute approximate surface area is 161 Å². The lowest BCUT2D eigenvalue weighted by molar-refractivity contribution is -0.132. The molecular weight excluding hydrogens is 366 g/mol. The number of piperazine rings is 1. The molecule has 1 aromatic heterocycles. The first-order valence-electron chi connectivity index (χ1n) is 8.62. The second kappa shape index (κ2) is 8.68. The van der Waals surface area contributed by atoms with Gasteiger partial charge >= 0.3 is 0 Å². The highest BCUT2D eigenvalue weighted by atomic mass is 32.1. The van der Waals surface area contributed by atoms with Gasteiger partial charge in [-0.3, -0.25) is 14.4 Å². The molecule has 1 aliphatic rings. The highest BCUT2D eigenvalue weighted by Crippen LogP contribution is 2.28. The van der Waals surface area contributed by atoms with Crippen molar-refractivity contribution >= 4 is 34.6 Å². The number of ether oxygens (including phenoxy) is 1. The van der Waals surface area contributed by atoms with Crippen molar-refractivity contribution in [3.05, 3.63) is 46.7 Å². The van der Waals surface area contributed by atoms with Gasteiger partial charge in [-0.15, -0.1) is 11.3 Å². The van der Waals surface area contributed by atoms with Crippen LogP contribution in [-0.2, 0) is 9.59 Å². The number of Topliss-reactive ketones (excluding diaryl/α,β-unsaturated/α-hetero) is 1. The number of hydrogen-bond acceptors (Lipinski definition) is 6. The Bertz CT molecular complexity index is 814. The molecule has 0 atom stereocenters. The van der Waals surface area contributed by atoms with E-state index in [1.54, 1.807) is 29.5 Å².